The summed E-state index contributed by atoms with van der Waals surface area (Å²) in [4.78, 5) is 7.44. The number of aryl methyl sites for hydroxylation is 1. The molecule has 3 nitrogen and oxygen atoms in total. The number of hydrogen-bond donors (Lipinski definition) is 2. The van der Waals surface area contributed by atoms with Crippen LogP contribution in [0.15, 0.2) is 42.7 Å². The van der Waals surface area contributed by atoms with Crippen molar-refractivity contribution in [3.8, 4) is 0 Å². The van der Waals surface area contributed by atoms with Crippen LogP contribution in [-0.4, -0.2) is 16.5 Å². The van der Waals surface area contributed by atoms with E-state index >= 15 is 0 Å². The number of benzene rings is 1. The molecule has 4 heteroatoms. The molecule has 2 aromatic heterocycles. The Labute approximate surface area is 129 Å². The molecule has 0 aliphatic heterocycles. The van der Waals surface area contributed by atoms with Crippen molar-refractivity contribution in [2.75, 3.05) is 6.54 Å². The predicted molar refractivity (Wildman–Crippen MR) is 87.7 cm³/mol. The normalized spacial score (nSPS) is 11.1. The van der Waals surface area contributed by atoms with Crippen molar-refractivity contribution in [3.63, 3.8) is 0 Å². The molecule has 0 fully saturated rings. The highest BCUT2D eigenvalue weighted by Crippen LogP contribution is 2.25. The van der Waals surface area contributed by atoms with Gasteiger partial charge in [-0.1, -0.05) is 11.6 Å². The topological polar surface area (TPSA) is 40.7 Å². The van der Waals surface area contributed by atoms with Gasteiger partial charge < -0.3 is 10.3 Å². The second-order valence-electron chi connectivity index (χ2n) is 5.20. The van der Waals surface area contributed by atoms with E-state index in [4.69, 9.17) is 11.6 Å². The van der Waals surface area contributed by atoms with Crippen LogP contribution in [-0.2, 0) is 13.0 Å². The lowest BCUT2D eigenvalue weighted by molar-refractivity contribution is 0.686. The fourth-order valence-corrected chi connectivity index (χ4v) is 2.80. The molecular formula is C17H18ClN3. The summed E-state index contributed by atoms with van der Waals surface area (Å²) in [6, 6.07) is 10.1. The number of aromatic nitrogens is 2. The van der Waals surface area contributed by atoms with Gasteiger partial charge in [-0.15, -0.1) is 0 Å². The summed E-state index contributed by atoms with van der Waals surface area (Å²) in [5, 5.41) is 5.48. The van der Waals surface area contributed by atoms with Crippen LogP contribution in [0.2, 0.25) is 5.02 Å². The first-order chi connectivity index (χ1) is 10.2. The van der Waals surface area contributed by atoms with Gasteiger partial charge in [0.2, 0.25) is 0 Å². The molecule has 0 saturated carbocycles. The van der Waals surface area contributed by atoms with Crippen LogP contribution in [0.5, 0.6) is 0 Å². The Bertz CT molecular complexity index is 734. The standard InChI is InChI=1S/C17H18ClN3/c1-12-15(16-10-14(18)2-3-17(16)21-12)6-9-20-11-13-4-7-19-8-5-13/h2-5,7-8,10,20-21H,6,9,11H2,1H3. The van der Waals surface area contributed by atoms with Crippen LogP contribution in [0.3, 0.4) is 0 Å². The van der Waals surface area contributed by atoms with E-state index in [9.17, 15) is 0 Å². The molecule has 0 aliphatic rings. The van der Waals surface area contributed by atoms with Gasteiger partial charge in [-0.3, -0.25) is 4.98 Å². The van der Waals surface area contributed by atoms with Gasteiger partial charge in [0.25, 0.3) is 0 Å². The Morgan fingerprint density at radius 1 is 1.19 bits per heavy atom. The quantitative estimate of drug-likeness (QED) is 0.702. The lowest BCUT2D eigenvalue weighted by Crippen LogP contribution is -2.16. The minimum absolute atomic E-state index is 0.785. The maximum Gasteiger partial charge on any atom is 0.0459 e. The number of rotatable bonds is 5. The largest absolute Gasteiger partial charge is 0.358 e. The third kappa shape index (κ3) is 3.26. The third-order valence-corrected chi connectivity index (χ3v) is 3.95. The van der Waals surface area contributed by atoms with Crippen molar-refractivity contribution in [2.24, 2.45) is 0 Å². The summed E-state index contributed by atoms with van der Waals surface area (Å²) in [5.74, 6) is 0. The predicted octanol–water partition coefficient (Wildman–Crippen LogP) is 3.86. The Morgan fingerprint density at radius 3 is 2.81 bits per heavy atom. The zero-order chi connectivity index (χ0) is 14.7. The summed E-state index contributed by atoms with van der Waals surface area (Å²) in [7, 11) is 0. The Hall–Kier alpha value is -1.84. The van der Waals surface area contributed by atoms with E-state index in [1.165, 1.54) is 22.2 Å². The molecule has 108 valence electrons. The number of hydrogen-bond acceptors (Lipinski definition) is 2. The second-order valence-corrected chi connectivity index (χ2v) is 5.64. The fraction of sp³-hybridized carbons (Fsp3) is 0.235. The van der Waals surface area contributed by atoms with E-state index in [1.54, 1.807) is 0 Å². The van der Waals surface area contributed by atoms with Gasteiger partial charge in [-0.25, -0.2) is 0 Å². The van der Waals surface area contributed by atoms with E-state index in [0.29, 0.717) is 0 Å². The van der Waals surface area contributed by atoms with Gasteiger partial charge in [-0.05, 0) is 61.3 Å². The summed E-state index contributed by atoms with van der Waals surface area (Å²) < 4.78 is 0. The molecule has 0 spiro atoms. The fourth-order valence-electron chi connectivity index (χ4n) is 2.62. The average Bonchev–Trinajstić information content (AvgIpc) is 2.80. The number of nitrogens with one attached hydrogen (secondary N) is 2. The zero-order valence-corrected chi connectivity index (χ0v) is 12.7. The first-order valence-electron chi connectivity index (χ1n) is 7.10. The number of halogens is 1. The van der Waals surface area contributed by atoms with E-state index < -0.39 is 0 Å². The van der Waals surface area contributed by atoms with Crippen molar-refractivity contribution in [1.29, 1.82) is 0 Å². The molecule has 0 radical (unpaired) electrons. The number of nitrogens with zero attached hydrogens (tertiary/aromatic N) is 1. The van der Waals surface area contributed by atoms with Crippen molar-refractivity contribution >= 4 is 22.5 Å². The first kappa shape index (κ1) is 14.1. The number of H-pyrrole nitrogens is 1. The van der Waals surface area contributed by atoms with Crippen LogP contribution in [0.4, 0.5) is 0 Å². The molecule has 1 aromatic carbocycles. The summed E-state index contributed by atoms with van der Waals surface area (Å²) in [6.07, 6.45) is 4.63. The summed E-state index contributed by atoms with van der Waals surface area (Å²) in [6.45, 7) is 3.92. The number of pyridine rings is 1. The SMILES string of the molecule is Cc1[nH]c2ccc(Cl)cc2c1CCNCc1ccncc1. The summed E-state index contributed by atoms with van der Waals surface area (Å²) >= 11 is 6.11. The van der Waals surface area contributed by atoms with Crippen molar-refractivity contribution < 1.29 is 0 Å². The van der Waals surface area contributed by atoms with Gasteiger partial charge >= 0.3 is 0 Å². The van der Waals surface area contributed by atoms with Crippen molar-refractivity contribution in [2.45, 2.75) is 19.9 Å². The molecule has 0 saturated heterocycles. The maximum atomic E-state index is 6.11. The number of fused-ring (bicyclic) bond motifs is 1. The lowest BCUT2D eigenvalue weighted by atomic mass is 10.1. The second kappa shape index (κ2) is 6.29. The van der Waals surface area contributed by atoms with E-state index in [-0.39, 0.29) is 0 Å². The molecular weight excluding hydrogens is 282 g/mol. The highest BCUT2D eigenvalue weighted by molar-refractivity contribution is 6.31. The molecule has 3 aromatic rings. The highest BCUT2D eigenvalue weighted by atomic mass is 35.5. The molecule has 0 bridgehead atoms. The summed E-state index contributed by atoms with van der Waals surface area (Å²) in [5.41, 5.74) is 4.97. The smallest absolute Gasteiger partial charge is 0.0459 e. The van der Waals surface area contributed by atoms with E-state index in [2.05, 4.69) is 22.2 Å². The highest BCUT2D eigenvalue weighted by Gasteiger charge is 2.08. The van der Waals surface area contributed by atoms with Gasteiger partial charge in [0.05, 0.1) is 0 Å². The lowest BCUT2D eigenvalue weighted by Gasteiger charge is -2.05. The Morgan fingerprint density at radius 2 is 2.00 bits per heavy atom. The monoisotopic (exact) mass is 299 g/mol. The molecule has 2 heterocycles. The van der Waals surface area contributed by atoms with Crippen LogP contribution in [0, 0.1) is 6.92 Å². The maximum absolute atomic E-state index is 6.11. The molecule has 3 rings (SSSR count). The third-order valence-electron chi connectivity index (χ3n) is 3.71. The van der Waals surface area contributed by atoms with Crippen LogP contribution >= 0.6 is 11.6 Å². The van der Waals surface area contributed by atoms with Gasteiger partial charge in [-0.2, -0.15) is 0 Å². The number of aromatic amines is 1. The van der Waals surface area contributed by atoms with Crippen LogP contribution in [0.1, 0.15) is 16.8 Å². The zero-order valence-electron chi connectivity index (χ0n) is 12.0. The van der Waals surface area contributed by atoms with E-state index in [0.717, 1.165) is 30.0 Å². The average molecular weight is 300 g/mol. The van der Waals surface area contributed by atoms with Gasteiger partial charge in [0.15, 0.2) is 0 Å². The van der Waals surface area contributed by atoms with Gasteiger partial charge in [0.1, 0.15) is 0 Å². The molecule has 0 unspecified atom stereocenters. The minimum atomic E-state index is 0.785. The van der Waals surface area contributed by atoms with Crippen molar-refractivity contribution in [3.05, 3.63) is 64.6 Å². The molecule has 0 aliphatic carbocycles. The van der Waals surface area contributed by atoms with Crippen LogP contribution < -0.4 is 5.32 Å². The molecule has 2 N–H and O–H groups in total. The molecule has 0 amide bonds. The van der Waals surface area contributed by atoms with E-state index in [1.807, 2.05) is 42.7 Å². The van der Waals surface area contributed by atoms with Crippen LogP contribution in [0.25, 0.3) is 10.9 Å². The first-order valence-corrected chi connectivity index (χ1v) is 7.48. The Balaban J connectivity index is 1.65. The van der Waals surface area contributed by atoms with Crippen molar-refractivity contribution in [1.82, 2.24) is 15.3 Å². The van der Waals surface area contributed by atoms with Gasteiger partial charge in [0, 0.05) is 40.6 Å². The minimum Gasteiger partial charge on any atom is -0.358 e. The Kier molecular flexibility index (Phi) is 4.23. The molecule has 21 heavy (non-hydrogen) atoms. The molecule has 0 atom stereocenters.